The Labute approximate surface area is 129 Å². The van der Waals surface area contributed by atoms with E-state index >= 15 is 0 Å². The molecule has 0 saturated carbocycles. The summed E-state index contributed by atoms with van der Waals surface area (Å²) in [6, 6.07) is 14.4. The van der Waals surface area contributed by atoms with Crippen LogP contribution in [0.15, 0.2) is 53.4 Å². The summed E-state index contributed by atoms with van der Waals surface area (Å²) in [4.78, 5) is 0.0652. The van der Waals surface area contributed by atoms with Crippen LogP contribution >= 0.6 is 11.6 Å². The van der Waals surface area contributed by atoms with Crippen LogP contribution in [0.4, 0.5) is 0 Å². The van der Waals surface area contributed by atoms with E-state index in [0.29, 0.717) is 10.6 Å². The second kappa shape index (κ2) is 6.27. The van der Waals surface area contributed by atoms with Crippen molar-refractivity contribution in [2.24, 2.45) is 0 Å². The Morgan fingerprint density at radius 3 is 2.57 bits per heavy atom. The zero-order valence-corrected chi connectivity index (χ0v) is 12.8. The average molecular weight is 321 g/mol. The van der Waals surface area contributed by atoms with Gasteiger partial charge in [0.1, 0.15) is 0 Å². The quantitative estimate of drug-likeness (QED) is 0.940. The van der Waals surface area contributed by atoms with Gasteiger partial charge in [-0.3, -0.25) is 0 Å². The summed E-state index contributed by atoms with van der Waals surface area (Å²) in [5.74, 6) is 0. The van der Waals surface area contributed by atoms with Crippen molar-refractivity contribution in [1.29, 1.82) is 5.26 Å². The van der Waals surface area contributed by atoms with Crippen LogP contribution < -0.4 is 4.72 Å². The van der Waals surface area contributed by atoms with Gasteiger partial charge in [0, 0.05) is 11.1 Å². The molecule has 0 aromatic heterocycles. The summed E-state index contributed by atoms with van der Waals surface area (Å²) >= 11 is 5.90. The van der Waals surface area contributed by atoms with Crippen LogP contribution in [0.1, 0.15) is 24.1 Å². The Bertz CT molecular complexity index is 797. The van der Waals surface area contributed by atoms with E-state index in [1.165, 1.54) is 18.2 Å². The van der Waals surface area contributed by atoms with Gasteiger partial charge in [-0.1, -0.05) is 29.8 Å². The molecule has 6 heteroatoms. The Morgan fingerprint density at radius 1 is 1.19 bits per heavy atom. The molecule has 0 saturated heterocycles. The minimum atomic E-state index is -3.70. The van der Waals surface area contributed by atoms with Gasteiger partial charge in [0.25, 0.3) is 0 Å². The van der Waals surface area contributed by atoms with Crippen LogP contribution in [0.5, 0.6) is 0 Å². The van der Waals surface area contributed by atoms with Crippen LogP contribution in [0, 0.1) is 11.3 Å². The van der Waals surface area contributed by atoms with E-state index in [4.69, 9.17) is 16.9 Å². The van der Waals surface area contributed by atoms with Crippen molar-refractivity contribution < 1.29 is 8.42 Å². The summed E-state index contributed by atoms with van der Waals surface area (Å²) in [5, 5.41) is 9.38. The minimum absolute atomic E-state index is 0.0652. The van der Waals surface area contributed by atoms with E-state index in [0.717, 1.165) is 5.56 Å². The second-order valence-corrected chi connectivity index (χ2v) is 6.69. The van der Waals surface area contributed by atoms with Crippen molar-refractivity contribution in [3.63, 3.8) is 0 Å². The molecular formula is C15H13ClN2O2S. The van der Waals surface area contributed by atoms with E-state index in [-0.39, 0.29) is 4.90 Å². The number of nitrogens with zero attached hydrogens (tertiary/aromatic N) is 1. The molecule has 108 valence electrons. The maximum Gasteiger partial charge on any atom is 0.241 e. The zero-order valence-electron chi connectivity index (χ0n) is 11.2. The molecular weight excluding hydrogens is 308 g/mol. The number of rotatable bonds is 4. The summed E-state index contributed by atoms with van der Waals surface area (Å²) in [7, 11) is -3.70. The maximum atomic E-state index is 12.3. The Balaban J connectivity index is 2.27. The van der Waals surface area contributed by atoms with Gasteiger partial charge in [-0.2, -0.15) is 5.26 Å². The highest BCUT2D eigenvalue weighted by Crippen LogP contribution is 2.20. The van der Waals surface area contributed by atoms with Gasteiger partial charge in [0.2, 0.25) is 10.0 Å². The molecule has 0 amide bonds. The van der Waals surface area contributed by atoms with Crippen molar-refractivity contribution >= 4 is 21.6 Å². The SMILES string of the molecule is CC(NS(=O)(=O)c1cccc(C#N)c1)c1cccc(Cl)c1. The van der Waals surface area contributed by atoms with E-state index in [9.17, 15) is 8.42 Å². The van der Waals surface area contributed by atoms with Crippen LogP contribution in [-0.2, 0) is 10.0 Å². The molecule has 2 aromatic carbocycles. The molecule has 1 atom stereocenters. The highest BCUT2D eigenvalue weighted by atomic mass is 35.5. The third kappa shape index (κ3) is 3.82. The molecule has 0 aliphatic carbocycles. The molecule has 0 heterocycles. The van der Waals surface area contributed by atoms with Gasteiger partial charge in [0.05, 0.1) is 16.5 Å². The van der Waals surface area contributed by atoms with Crippen molar-refractivity contribution in [2.75, 3.05) is 0 Å². The first-order valence-corrected chi connectivity index (χ1v) is 8.06. The monoisotopic (exact) mass is 320 g/mol. The van der Waals surface area contributed by atoms with Crippen molar-refractivity contribution in [3.05, 3.63) is 64.7 Å². The fourth-order valence-corrected chi connectivity index (χ4v) is 3.35. The van der Waals surface area contributed by atoms with Gasteiger partial charge in [-0.25, -0.2) is 13.1 Å². The number of benzene rings is 2. The van der Waals surface area contributed by atoms with E-state index in [2.05, 4.69) is 4.72 Å². The predicted octanol–water partition coefficient (Wildman–Crippen LogP) is 3.25. The minimum Gasteiger partial charge on any atom is -0.207 e. The summed E-state index contributed by atoms with van der Waals surface area (Å²) in [5.41, 5.74) is 1.07. The lowest BCUT2D eigenvalue weighted by Gasteiger charge is -2.15. The predicted molar refractivity (Wildman–Crippen MR) is 81.3 cm³/mol. The first-order valence-electron chi connectivity index (χ1n) is 6.20. The van der Waals surface area contributed by atoms with Crippen molar-refractivity contribution in [2.45, 2.75) is 17.9 Å². The van der Waals surface area contributed by atoms with E-state index in [1.807, 2.05) is 6.07 Å². The summed E-state index contributed by atoms with van der Waals surface area (Å²) in [6.45, 7) is 1.73. The molecule has 4 nitrogen and oxygen atoms in total. The van der Waals surface area contributed by atoms with Crippen LogP contribution in [0.25, 0.3) is 0 Å². The van der Waals surface area contributed by atoms with Gasteiger partial charge in [-0.15, -0.1) is 0 Å². The number of nitrogens with one attached hydrogen (secondary N) is 1. The first-order chi connectivity index (χ1) is 9.92. The molecule has 0 spiro atoms. The zero-order chi connectivity index (χ0) is 15.5. The average Bonchev–Trinajstić information content (AvgIpc) is 2.47. The van der Waals surface area contributed by atoms with Crippen LogP contribution in [-0.4, -0.2) is 8.42 Å². The number of hydrogen-bond donors (Lipinski definition) is 1. The van der Waals surface area contributed by atoms with Gasteiger partial charge < -0.3 is 0 Å². The Hall–Kier alpha value is -1.87. The lowest BCUT2D eigenvalue weighted by Crippen LogP contribution is -2.26. The molecule has 21 heavy (non-hydrogen) atoms. The fraction of sp³-hybridized carbons (Fsp3) is 0.133. The number of sulfonamides is 1. The van der Waals surface area contributed by atoms with Gasteiger partial charge >= 0.3 is 0 Å². The second-order valence-electron chi connectivity index (χ2n) is 4.54. The molecule has 1 unspecified atom stereocenters. The Kier molecular flexibility index (Phi) is 4.63. The highest BCUT2D eigenvalue weighted by Gasteiger charge is 2.18. The van der Waals surface area contributed by atoms with E-state index < -0.39 is 16.1 Å². The summed E-state index contributed by atoms with van der Waals surface area (Å²) in [6.07, 6.45) is 0. The lowest BCUT2D eigenvalue weighted by molar-refractivity contribution is 0.567. The molecule has 0 bridgehead atoms. The molecule has 2 rings (SSSR count). The standard InChI is InChI=1S/C15H13ClN2O2S/c1-11(13-5-3-6-14(16)9-13)18-21(19,20)15-7-2-4-12(8-15)10-17/h2-9,11,18H,1H3. The van der Waals surface area contributed by atoms with Crippen molar-refractivity contribution in [1.82, 2.24) is 4.72 Å². The molecule has 0 radical (unpaired) electrons. The molecule has 0 fully saturated rings. The number of hydrogen-bond acceptors (Lipinski definition) is 3. The third-order valence-corrected chi connectivity index (χ3v) is 4.73. The topological polar surface area (TPSA) is 70.0 Å². The van der Waals surface area contributed by atoms with Crippen molar-refractivity contribution in [3.8, 4) is 6.07 Å². The molecule has 0 aliphatic rings. The normalized spacial score (nSPS) is 12.6. The van der Waals surface area contributed by atoms with Gasteiger partial charge in [-0.05, 0) is 42.8 Å². The maximum absolute atomic E-state index is 12.3. The lowest BCUT2D eigenvalue weighted by atomic mass is 10.1. The largest absolute Gasteiger partial charge is 0.241 e. The molecule has 2 aromatic rings. The number of halogens is 1. The fourth-order valence-electron chi connectivity index (χ4n) is 1.88. The number of nitriles is 1. The summed E-state index contributed by atoms with van der Waals surface area (Å²) < 4.78 is 27.2. The van der Waals surface area contributed by atoms with Crippen LogP contribution in [0.3, 0.4) is 0 Å². The Morgan fingerprint density at radius 2 is 1.90 bits per heavy atom. The highest BCUT2D eigenvalue weighted by molar-refractivity contribution is 7.89. The smallest absolute Gasteiger partial charge is 0.207 e. The first kappa shape index (κ1) is 15.5. The van der Waals surface area contributed by atoms with Crippen LogP contribution in [0.2, 0.25) is 5.02 Å². The van der Waals surface area contributed by atoms with E-state index in [1.54, 1.807) is 37.3 Å². The molecule has 0 aliphatic heterocycles. The van der Waals surface area contributed by atoms with Gasteiger partial charge in [0.15, 0.2) is 0 Å². The third-order valence-electron chi connectivity index (χ3n) is 2.95. The molecule has 1 N–H and O–H groups in total.